The standard InChI is InChI=1S/C19H17NO4S2/c1-2-24-19(21)17-18(16(13-25-17)14-9-5-3-6-10-14)26(22,23)20-15-11-7-4-8-12-15/h3-13,20H,2H2,1H3. The molecule has 0 radical (unpaired) electrons. The minimum atomic E-state index is -3.98. The second kappa shape index (κ2) is 7.72. The Morgan fingerprint density at radius 1 is 1.04 bits per heavy atom. The summed E-state index contributed by atoms with van der Waals surface area (Å²) in [7, 11) is -3.98. The molecule has 1 N–H and O–H groups in total. The molecule has 0 aliphatic carbocycles. The van der Waals surface area contributed by atoms with Crippen molar-refractivity contribution in [1.82, 2.24) is 0 Å². The molecule has 0 unspecified atom stereocenters. The first-order chi connectivity index (χ1) is 12.5. The van der Waals surface area contributed by atoms with Gasteiger partial charge in [0.05, 0.1) is 6.61 Å². The number of benzene rings is 2. The van der Waals surface area contributed by atoms with E-state index in [4.69, 9.17) is 4.74 Å². The number of carbonyl (C=O) groups is 1. The molecule has 0 saturated carbocycles. The van der Waals surface area contributed by atoms with Gasteiger partial charge >= 0.3 is 5.97 Å². The third-order valence-corrected chi connectivity index (χ3v) is 6.14. The number of rotatable bonds is 6. The van der Waals surface area contributed by atoms with E-state index in [2.05, 4.69) is 4.72 Å². The molecule has 5 nitrogen and oxygen atoms in total. The van der Waals surface area contributed by atoms with E-state index in [-0.39, 0.29) is 16.4 Å². The normalized spacial score (nSPS) is 11.1. The van der Waals surface area contributed by atoms with Crippen LogP contribution in [0, 0.1) is 0 Å². The van der Waals surface area contributed by atoms with Crippen LogP contribution in [0.4, 0.5) is 5.69 Å². The van der Waals surface area contributed by atoms with Crippen molar-refractivity contribution in [2.24, 2.45) is 0 Å². The number of thiophene rings is 1. The number of anilines is 1. The average molecular weight is 387 g/mol. The largest absolute Gasteiger partial charge is 0.462 e. The number of carbonyl (C=O) groups excluding carboxylic acids is 1. The van der Waals surface area contributed by atoms with Gasteiger partial charge in [0.15, 0.2) is 0 Å². The van der Waals surface area contributed by atoms with E-state index >= 15 is 0 Å². The smallest absolute Gasteiger partial charge is 0.349 e. The lowest BCUT2D eigenvalue weighted by atomic mass is 10.1. The van der Waals surface area contributed by atoms with Crippen LogP contribution in [-0.4, -0.2) is 21.0 Å². The van der Waals surface area contributed by atoms with Crippen molar-refractivity contribution >= 4 is 33.0 Å². The van der Waals surface area contributed by atoms with Crippen LogP contribution in [-0.2, 0) is 14.8 Å². The monoisotopic (exact) mass is 387 g/mol. The topological polar surface area (TPSA) is 72.5 Å². The maximum absolute atomic E-state index is 13.1. The minimum Gasteiger partial charge on any atom is -0.462 e. The van der Waals surface area contributed by atoms with Gasteiger partial charge in [0, 0.05) is 16.6 Å². The number of ether oxygens (including phenoxy) is 1. The summed E-state index contributed by atoms with van der Waals surface area (Å²) in [5.74, 6) is -0.645. The molecule has 3 aromatic rings. The predicted molar refractivity (Wildman–Crippen MR) is 103 cm³/mol. The van der Waals surface area contributed by atoms with Crippen LogP contribution in [0.5, 0.6) is 0 Å². The molecule has 0 aliphatic heterocycles. The highest BCUT2D eigenvalue weighted by Gasteiger charge is 2.30. The molecule has 26 heavy (non-hydrogen) atoms. The molecule has 0 fully saturated rings. The zero-order valence-electron chi connectivity index (χ0n) is 14.0. The van der Waals surface area contributed by atoms with E-state index in [1.54, 1.807) is 54.8 Å². The highest BCUT2D eigenvalue weighted by Crippen LogP contribution is 2.36. The number of esters is 1. The van der Waals surface area contributed by atoms with E-state index in [1.165, 1.54) is 0 Å². The maximum atomic E-state index is 13.1. The fourth-order valence-electron chi connectivity index (χ4n) is 2.48. The Bertz CT molecular complexity index is 997. The maximum Gasteiger partial charge on any atom is 0.349 e. The van der Waals surface area contributed by atoms with Crippen LogP contribution in [0.2, 0.25) is 0 Å². The van der Waals surface area contributed by atoms with Crippen molar-refractivity contribution in [3.63, 3.8) is 0 Å². The van der Waals surface area contributed by atoms with Gasteiger partial charge < -0.3 is 4.74 Å². The van der Waals surface area contributed by atoms with Crippen molar-refractivity contribution < 1.29 is 17.9 Å². The molecular formula is C19H17NO4S2. The van der Waals surface area contributed by atoms with Gasteiger partial charge in [-0.1, -0.05) is 48.5 Å². The first-order valence-electron chi connectivity index (χ1n) is 7.95. The zero-order chi connectivity index (χ0) is 18.6. The van der Waals surface area contributed by atoms with E-state index < -0.39 is 16.0 Å². The van der Waals surface area contributed by atoms with Gasteiger partial charge in [0.1, 0.15) is 9.77 Å². The number of hydrogen-bond donors (Lipinski definition) is 1. The zero-order valence-corrected chi connectivity index (χ0v) is 15.6. The van der Waals surface area contributed by atoms with E-state index in [1.807, 2.05) is 18.2 Å². The van der Waals surface area contributed by atoms with Gasteiger partial charge in [-0.15, -0.1) is 11.3 Å². The molecule has 0 bridgehead atoms. The minimum absolute atomic E-state index is 0.0593. The van der Waals surface area contributed by atoms with Crippen LogP contribution >= 0.6 is 11.3 Å². The number of sulfonamides is 1. The SMILES string of the molecule is CCOC(=O)c1scc(-c2ccccc2)c1S(=O)(=O)Nc1ccccc1. The number of hydrogen-bond acceptors (Lipinski definition) is 5. The summed E-state index contributed by atoms with van der Waals surface area (Å²) in [6.07, 6.45) is 0. The molecule has 0 saturated heterocycles. The third-order valence-electron chi connectivity index (χ3n) is 3.59. The van der Waals surface area contributed by atoms with Gasteiger partial charge in [-0.05, 0) is 24.6 Å². The summed E-state index contributed by atoms with van der Waals surface area (Å²) in [6.45, 7) is 1.85. The van der Waals surface area contributed by atoms with Crippen molar-refractivity contribution in [1.29, 1.82) is 0 Å². The molecule has 2 aromatic carbocycles. The molecule has 3 rings (SSSR count). The molecule has 1 heterocycles. The Hall–Kier alpha value is -2.64. The molecule has 7 heteroatoms. The molecule has 0 spiro atoms. The molecule has 0 amide bonds. The van der Waals surface area contributed by atoms with Crippen LogP contribution in [0.3, 0.4) is 0 Å². The molecule has 134 valence electrons. The van der Waals surface area contributed by atoms with Crippen LogP contribution in [0.15, 0.2) is 70.9 Å². The van der Waals surface area contributed by atoms with Crippen molar-refractivity contribution in [3.05, 3.63) is 70.9 Å². The lowest BCUT2D eigenvalue weighted by Crippen LogP contribution is -2.17. The highest BCUT2D eigenvalue weighted by atomic mass is 32.2. The Balaban J connectivity index is 2.13. The Morgan fingerprint density at radius 3 is 2.27 bits per heavy atom. The van der Waals surface area contributed by atoms with Crippen molar-refractivity contribution in [2.75, 3.05) is 11.3 Å². The third kappa shape index (κ3) is 3.79. The number of para-hydroxylation sites is 1. The van der Waals surface area contributed by atoms with Crippen LogP contribution < -0.4 is 4.72 Å². The molecule has 0 atom stereocenters. The fraction of sp³-hybridized carbons (Fsp3) is 0.105. The van der Waals surface area contributed by atoms with Crippen LogP contribution in [0.1, 0.15) is 16.6 Å². The predicted octanol–water partition coefficient (Wildman–Crippen LogP) is 4.39. The van der Waals surface area contributed by atoms with Gasteiger partial charge in [-0.2, -0.15) is 0 Å². The van der Waals surface area contributed by atoms with Gasteiger partial charge in [-0.3, -0.25) is 4.72 Å². The van der Waals surface area contributed by atoms with Crippen molar-refractivity contribution in [2.45, 2.75) is 11.8 Å². The summed E-state index contributed by atoms with van der Waals surface area (Å²) in [6, 6.07) is 17.6. The van der Waals surface area contributed by atoms with E-state index in [0.29, 0.717) is 16.8 Å². The first-order valence-corrected chi connectivity index (χ1v) is 10.3. The summed E-state index contributed by atoms with van der Waals surface area (Å²) >= 11 is 1.06. The average Bonchev–Trinajstić information content (AvgIpc) is 3.09. The van der Waals surface area contributed by atoms with Gasteiger partial charge in [0.25, 0.3) is 10.0 Å². The molecule has 1 aromatic heterocycles. The van der Waals surface area contributed by atoms with E-state index in [0.717, 1.165) is 11.3 Å². The number of nitrogens with one attached hydrogen (secondary N) is 1. The lowest BCUT2D eigenvalue weighted by molar-refractivity contribution is 0.0528. The van der Waals surface area contributed by atoms with Crippen LogP contribution in [0.25, 0.3) is 11.1 Å². The summed E-state index contributed by atoms with van der Waals surface area (Å²) in [5, 5.41) is 1.67. The Labute approximate surface area is 156 Å². The first kappa shape index (κ1) is 18.2. The second-order valence-electron chi connectivity index (χ2n) is 5.37. The summed E-state index contributed by atoms with van der Waals surface area (Å²) in [4.78, 5) is 12.3. The summed E-state index contributed by atoms with van der Waals surface area (Å²) in [5.41, 5.74) is 1.61. The Morgan fingerprint density at radius 2 is 1.65 bits per heavy atom. The second-order valence-corrected chi connectivity index (χ2v) is 7.86. The quantitative estimate of drug-likeness (QED) is 0.637. The Kier molecular flexibility index (Phi) is 5.39. The molecular weight excluding hydrogens is 370 g/mol. The molecule has 0 aliphatic rings. The van der Waals surface area contributed by atoms with E-state index in [9.17, 15) is 13.2 Å². The fourth-order valence-corrected chi connectivity index (χ4v) is 5.23. The summed E-state index contributed by atoms with van der Waals surface area (Å²) < 4.78 is 33.7. The lowest BCUT2D eigenvalue weighted by Gasteiger charge is -2.11. The van der Waals surface area contributed by atoms with Gasteiger partial charge in [0.2, 0.25) is 0 Å². The van der Waals surface area contributed by atoms with Crippen molar-refractivity contribution in [3.8, 4) is 11.1 Å². The highest BCUT2D eigenvalue weighted by molar-refractivity contribution is 7.93. The van der Waals surface area contributed by atoms with Gasteiger partial charge in [-0.25, -0.2) is 13.2 Å².